The fraction of sp³-hybridized carbons (Fsp3) is 0.208. The van der Waals surface area contributed by atoms with Gasteiger partial charge in [0.05, 0.1) is 25.2 Å². The Hall–Kier alpha value is -3.23. The number of halogens is 1. The van der Waals surface area contributed by atoms with E-state index in [0.29, 0.717) is 29.1 Å². The molecule has 0 saturated carbocycles. The third kappa shape index (κ3) is 5.58. The molecule has 33 heavy (non-hydrogen) atoms. The largest absolute Gasteiger partial charge is 0.497 e. The maximum Gasteiger partial charge on any atom is 0.233 e. The highest BCUT2D eigenvalue weighted by Gasteiger charge is 2.22. The van der Waals surface area contributed by atoms with E-state index in [9.17, 15) is 4.79 Å². The average molecular weight is 483 g/mol. The van der Waals surface area contributed by atoms with E-state index >= 15 is 0 Å². The van der Waals surface area contributed by atoms with E-state index < -0.39 is 5.25 Å². The predicted octanol–water partition coefficient (Wildman–Crippen LogP) is 5.05. The number of benzene rings is 2. The summed E-state index contributed by atoms with van der Waals surface area (Å²) in [6, 6.07) is 18.8. The summed E-state index contributed by atoms with van der Waals surface area (Å²) in [5.41, 5.74) is 1.72. The predicted molar refractivity (Wildman–Crippen MR) is 128 cm³/mol. The van der Waals surface area contributed by atoms with Gasteiger partial charge in [-0.2, -0.15) is 0 Å². The normalized spacial score (nSPS) is 11.8. The Bertz CT molecular complexity index is 1230. The molecule has 9 heteroatoms. The maximum atomic E-state index is 12.8. The van der Waals surface area contributed by atoms with E-state index in [4.69, 9.17) is 20.8 Å². The molecule has 0 aliphatic carbocycles. The van der Waals surface area contributed by atoms with Gasteiger partial charge in [0.15, 0.2) is 11.0 Å². The van der Waals surface area contributed by atoms with Crippen LogP contribution in [-0.4, -0.2) is 33.0 Å². The number of amides is 1. The summed E-state index contributed by atoms with van der Waals surface area (Å²) in [5, 5.41) is 12.6. The molecule has 7 nitrogen and oxygen atoms in total. The van der Waals surface area contributed by atoms with Crippen LogP contribution < -0.4 is 10.1 Å². The van der Waals surface area contributed by atoms with Crippen molar-refractivity contribution in [1.82, 2.24) is 20.1 Å². The van der Waals surface area contributed by atoms with E-state index in [1.807, 2.05) is 66.1 Å². The molecule has 4 aromatic rings. The molecular weight excluding hydrogens is 460 g/mol. The summed E-state index contributed by atoms with van der Waals surface area (Å²) < 4.78 is 12.8. The topological polar surface area (TPSA) is 82.2 Å². The monoisotopic (exact) mass is 482 g/mol. The van der Waals surface area contributed by atoms with E-state index in [-0.39, 0.29) is 5.91 Å². The fourth-order valence-corrected chi connectivity index (χ4v) is 4.31. The number of furan rings is 1. The number of hydrogen-bond donors (Lipinski definition) is 1. The lowest BCUT2D eigenvalue weighted by atomic mass is 10.2. The third-order valence-electron chi connectivity index (χ3n) is 5.00. The van der Waals surface area contributed by atoms with Crippen LogP contribution in [0.5, 0.6) is 5.75 Å². The molecule has 2 aromatic carbocycles. The van der Waals surface area contributed by atoms with Crippen LogP contribution in [0.15, 0.2) is 76.5 Å². The Kier molecular flexibility index (Phi) is 7.36. The van der Waals surface area contributed by atoms with Crippen LogP contribution in [-0.2, 0) is 17.9 Å². The van der Waals surface area contributed by atoms with Crippen LogP contribution in [0.25, 0.3) is 11.4 Å². The number of nitrogens with one attached hydrogen (secondary N) is 1. The van der Waals surface area contributed by atoms with Crippen molar-refractivity contribution >= 4 is 29.3 Å². The Morgan fingerprint density at radius 3 is 2.79 bits per heavy atom. The highest BCUT2D eigenvalue weighted by atomic mass is 35.5. The first-order valence-corrected chi connectivity index (χ1v) is 11.6. The molecule has 0 radical (unpaired) electrons. The van der Waals surface area contributed by atoms with Crippen LogP contribution in [0.3, 0.4) is 0 Å². The van der Waals surface area contributed by atoms with Gasteiger partial charge in [-0.25, -0.2) is 0 Å². The quantitative estimate of drug-likeness (QED) is 0.336. The first-order valence-electron chi connectivity index (χ1n) is 10.3. The van der Waals surface area contributed by atoms with Gasteiger partial charge in [0.2, 0.25) is 5.91 Å². The fourth-order valence-electron chi connectivity index (χ4n) is 3.23. The van der Waals surface area contributed by atoms with Gasteiger partial charge < -0.3 is 14.5 Å². The number of nitrogens with zero attached hydrogens (tertiary/aromatic N) is 3. The van der Waals surface area contributed by atoms with Crippen LogP contribution in [0.1, 0.15) is 18.2 Å². The molecule has 0 saturated heterocycles. The molecule has 0 bridgehead atoms. The van der Waals surface area contributed by atoms with E-state index in [1.54, 1.807) is 19.4 Å². The molecule has 1 amide bonds. The van der Waals surface area contributed by atoms with Crippen LogP contribution >= 0.6 is 23.4 Å². The van der Waals surface area contributed by atoms with Gasteiger partial charge in [-0.05, 0) is 42.8 Å². The summed E-state index contributed by atoms with van der Waals surface area (Å²) in [6.07, 6.45) is 1.63. The molecule has 0 fully saturated rings. The first-order chi connectivity index (χ1) is 16.0. The van der Waals surface area contributed by atoms with E-state index in [1.165, 1.54) is 11.8 Å². The number of rotatable bonds is 9. The highest BCUT2D eigenvalue weighted by molar-refractivity contribution is 8.00. The SMILES string of the molecule is COc1cccc(-c2nnc(SC(C)C(=O)NCc3ccccc3Cl)n2Cc2ccco2)c1. The van der Waals surface area contributed by atoms with Gasteiger partial charge in [0.1, 0.15) is 11.5 Å². The lowest BCUT2D eigenvalue weighted by Crippen LogP contribution is -2.30. The Morgan fingerprint density at radius 1 is 1.18 bits per heavy atom. The molecule has 2 heterocycles. The standard InChI is InChI=1S/C24H23ClN4O3S/c1-16(23(30)26-14-18-7-3-4-11-21(18)25)33-24-28-27-22(17-8-5-9-19(13-17)31-2)29(24)15-20-10-6-12-32-20/h3-13,16H,14-15H2,1-2H3,(H,26,30). The van der Waals surface area contributed by atoms with Crippen molar-refractivity contribution < 1.29 is 13.9 Å². The number of ether oxygens (including phenoxy) is 1. The maximum absolute atomic E-state index is 12.8. The molecule has 1 N–H and O–H groups in total. The van der Waals surface area contributed by atoms with Crippen LogP contribution in [0.4, 0.5) is 0 Å². The summed E-state index contributed by atoms with van der Waals surface area (Å²) in [6.45, 7) is 2.63. The minimum atomic E-state index is -0.398. The van der Waals surface area contributed by atoms with Crippen molar-refractivity contribution in [2.75, 3.05) is 7.11 Å². The molecule has 2 aromatic heterocycles. The van der Waals surface area contributed by atoms with E-state index in [0.717, 1.165) is 22.6 Å². The van der Waals surface area contributed by atoms with Gasteiger partial charge in [-0.15, -0.1) is 10.2 Å². The van der Waals surface area contributed by atoms with Gasteiger partial charge >= 0.3 is 0 Å². The van der Waals surface area contributed by atoms with Gasteiger partial charge in [-0.1, -0.05) is 53.7 Å². The zero-order chi connectivity index (χ0) is 23.2. The molecule has 0 aliphatic rings. The van der Waals surface area contributed by atoms with Crippen LogP contribution in [0.2, 0.25) is 5.02 Å². The van der Waals surface area contributed by atoms with Crippen molar-refractivity contribution in [2.45, 2.75) is 30.4 Å². The van der Waals surface area contributed by atoms with Crippen LogP contribution in [0, 0.1) is 0 Å². The van der Waals surface area contributed by atoms with Gasteiger partial charge in [-0.3, -0.25) is 9.36 Å². The Morgan fingerprint density at radius 2 is 2.03 bits per heavy atom. The Balaban J connectivity index is 1.54. The minimum Gasteiger partial charge on any atom is -0.497 e. The molecule has 1 atom stereocenters. The molecule has 1 unspecified atom stereocenters. The molecule has 0 aliphatic heterocycles. The summed E-state index contributed by atoms with van der Waals surface area (Å²) in [5.74, 6) is 2.03. The number of aromatic nitrogens is 3. The molecule has 170 valence electrons. The number of methoxy groups -OCH3 is 1. The lowest BCUT2D eigenvalue weighted by molar-refractivity contribution is -0.120. The zero-order valence-electron chi connectivity index (χ0n) is 18.2. The number of hydrogen-bond acceptors (Lipinski definition) is 6. The second-order valence-electron chi connectivity index (χ2n) is 7.27. The van der Waals surface area contributed by atoms with Crippen molar-refractivity contribution in [2.24, 2.45) is 0 Å². The van der Waals surface area contributed by atoms with Crippen molar-refractivity contribution in [3.05, 3.63) is 83.3 Å². The van der Waals surface area contributed by atoms with E-state index in [2.05, 4.69) is 15.5 Å². The molecular formula is C24H23ClN4O3S. The minimum absolute atomic E-state index is 0.115. The van der Waals surface area contributed by atoms with Crippen molar-refractivity contribution in [1.29, 1.82) is 0 Å². The first kappa shape index (κ1) is 22.9. The van der Waals surface area contributed by atoms with Crippen molar-refractivity contribution in [3.8, 4) is 17.1 Å². The summed E-state index contributed by atoms with van der Waals surface area (Å²) >= 11 is 7.53. The van der Waals surface area contributed by atoms with Gasteiger partial charge in [0, 0.05) is 17.1 Å². The van der Waals surface area contributed by atoms with Gasteiger partial charge in [0.25, 0.3) is 0 Å². The average Bonchev–Trinajstić information content (AvgIpc) is 3.49. The molecule has 4 rings (SSSR count). The number of thioether (sulfide) groups is 1. The molecule has 0 spiro atoms. The number of carbonyl (C=O) groups excluding carboxylic acids is 1. The Labute approximate surface area is 201 Å². The third-order valence-corrected chi connectivity index (χ3v) is 6.45. The second kappa shape index (κ2) is 10.6. The zero-order valence-corrected chi connectivity index (χ0v) is 19.8. The summed E-state index contributed by atoms with van der Waals surface area (Å²) in [7, 11) is 1.62. The highest BCUT2D eigenvalue weighted by Crippen LogP contribution is 2.29. The lowest BCUT2D eigenvalue weighted by Gasteiger charge is -2.14. The summed E-state index contributed by atoms with van der Waals surface area (Å²) in [4.78, 5) is 12.8. The van der Waals surface area contributed by atoms with Crippen molar-refractivity contribution in [3.63, 3.8) is 0 Å². The second-order valence-corrected chi connectivity index (χ2v) is 8.99. The smallest absolute Gasteiger partial charge is 0.233 e. The number of carbonyl (C=O) groups is 1.